The van der Waals surface area contributed by atoms with Crippen molar-refractivity contribution in [2.75, 3.05) is 5.73 Å². The summed E-state index contributed by atoms with van der Waals surface area (Å²) in [6.07, 6.45) is 3.16. The molecule has 3 heterocycles. The van der Waals surface area contributed by atoms with E-state index in [0.717, 1.165) is 31.4 Å². The van der Waals surface area contributed by atoms with Gasteiger partial charge in [-0.1, -0.05) is 0 Å². The van der Waals surface area contributed by atoms with Crippen molar-refractivity contribution in [2.45, 2.75) is 70.1 Å². The Morgan fingerprint density at radius 1 is 1.25 bits per heavy atom. The Morgan fingerprint density at radius 2 is 1.89 bits per heavy atom. The Labute approximate surface area is 171 Å². The minimum absolute atomic E-state index is 0.0708. The van der Waals surface area contributed by atoms with Crippen LogP contribution in [0.5, 0.6) is 0 Å². The maximum atomic E-state index is 14.6. The average Bonchev–Trinajstić information content (AvgIpc) is 2.87. The van der Waals surface area contributed by atoms with E-state index in [0.29, 0.717) is 9.86 Å². The predicted octanol–water partition coefficient (Wildman–Crippen LogP) is 4.76. The molecule has 2 aromatic rings. The van der Waals surface area contributed by atoms with Crippen LogP contribution in [0.2, 0.25) is 0 Å². The topological polar surface area (TPSA) is 81.3 Å². The number of aromatic nitrogens is 2. The van der Waals surface area contributed by atoms with Gasteiger partial charge in [0.15, 0.2) is 5.82 Å². The standard InChI is InChI=1S/C20H24BrFN4O2/c1-20(2,3)28-19(27)26-11-4-5-12(26)9-10(8-11)16-13-6-7-14(21)15(22)17(13)25-18(23)24-16/h6-7,10-12H,4-5,8-9H2,1-3H3,(H2,23,24,25)/t10?,11-,12+. The van der Waals surface area contributed by atoms with Crippen LogP contribution in [0.15, 0.2) is 16.6 Å². The SMILES string of the molecule is CC(C)(C)OC(=O)N1[C@@H]2CC[C@H]1CC(c1nc(N)nc3c(F)c(Br)ccc13)C2. The maximum absolute atomic E-state index is 14.6. The number of nitrogens with two attached hydrogens (primary N) is 1. The summed E-state index contributed by atoms with van der Waals surface area (Å²) >= 11 is 3.20. The fraction of sp³-hybridized carbons (Fsp3) is 0.550. The number of halogens is 2. The fourth-order valence-electron chi connectivity index (χ4n) is 4.50. The zero-order chi connectivity index (χ0) is 20.2. The summed E-state index contributed by atoms with van der Waals surface area (Å²) in [4.78, 5) is 23.1. The molecule has 0 saturated carbocycles. The lowest BCUT2D eigenvalue weighted by Gasteiger charge is -2.39. The first kappa shape index (κ1) is 19.4. The second kappa shape index (κ2) is 6.83. The molecule has 6 nitrogen and oxygen atoms in total. The van der Waals surface area contributed by atoms with Gasteiger partial charge in [0.25, 0.3) is 0 Å². The van der Waals surface area contributed by atoms with Crippen molar-refractivity contribution in [3.8, 4) is 0 Å². The van der Waals surface area contributed by atoms with Gasteiger partial charge >= 0.3 is 6.09 Å². The van der Waals surface area contributed by atoms with Gasteiger partial charge in [0.05, 0.1) is 10.2 Å². The van der Waals surface area contributed by atoms with Gasteiger partial charge in [0.2, 0.25) is 5.95 Å². The molecular formula is C20H24BrFN4O2. The summed E-state index contributed by atoms with van der Waals surface area (Å²) in [5, 5.41) is 0.685. The van der Waals surface area contributed by atoms with Gasteiger partial charge in [-0.2, -0.15) is 0 Å². The van der Waals surface area contributed by atoms with Crippen molar-refractivity contribution in [1.29, 1.82) is 0 Å². The summed E-state index contributed by atoms with van der Waals surface area (Å²) in [6.45, 7) is 5.63. The lowest BCUT2D eigenvalue weighted by Crippen LogP contribution is -2.48. The van der Waals surface area contributed by atoms with E-state index in [1.807, 2.05) is 31.7 Å². The molecule has 2 N–H and O–H groups in total. The number of carbonyl (C=O) groups is 1. The number of hydrogen-bond acceptors (Lipinski definition) is 5. The summed E-state index contributed by atoms with van der Waals surface area (Å²) < 4.78 is 20.5. The van der Waals surface area contributed by atoms with Gasteiger partial charge in [-0.15, -0.1) is 0 Å². The number of amides is 1. The molecule has 28 heavy (non-hydrogen) atoms. The lowest BCUT2D eigenvalue weighted by atomic mass is 9.86. The molecular weight excluding hydrogens is 427 g/mol. The van der Waals surface area contributed by atoms with Crippen LogP contribution in [0, 0.1) is 5.82 Å². The van der Waals surface area contributed by atoms with E-state index >= 15 is 0 Å². The van der Waals surface area contributed by atoms with Crippen molar-refractivity contribution in [2.24, 2.45) is 0 Å². The van der Waals surface area contributed by atoms with Crippen LogP contribution in [0.1, 0.15) is 58.1 Å². The minimum atomic E-state index is -0.518. The van der Waals surface area contributed by atoms with E-state index < -0.39 is 11.4 Å². The monoisotopic (exact) mass is 450 g/mol. The summed E-state index contributed by atoms with van der Waals surface area (Å²) in [6, 6.07) is 3.71. The third-order valence-corrected chi connectivity index (χ3v) is 6.14. The number of hydrogen-bond donors (Lipinski definition) is 1. The molecule has 1 amide bonds. The van der Waals surface area contributed by atoms with Crippen LogP contribution < -0.4 is 5.73 Å². The van der Waals surface area contributed by atoms with Gasteiger partial charge in [-0.05, 0) is 74.5 Å². The van der Waals surface area contributed by atoms with Gasteiger partial charge < -0.3 is 15.4 Å². The highest BCUT2D eigenvalue weighted by Crippen LogP contribution is 2.45. The zero-order valence-electron chi connectivity index (χ0n) is 16.2. The second-order valence-electron chi connectivity index (χ2n) is 8.67. The number of nitrogen functional groups attached to an aromatic ring is 1. The van der Waals surface area contributed by atoms with E-state index in [4.69, 9.17) is 10.5 Å². The first-order chi connectivity index (χ1) is 13.1. The molecule has 1 unspecified atom stereocenters. The number of benzene rings is 1. The van der Waals surface area contributed by atoms with Crippen molar-refractivity contribution in [3.63, 3.8) is 0 Å². The average molecular weight is 451 g/mol. The number of nitrogens with zero attached hydrogens (tertiary/aromatic N) is 3. The zero-order valence-corrected chi connectivity index (χ0v) is 17.8. The smallest absolute Gasteiger partial charge is 0.410 e. The third kappa shape index (κ3) is 3.43. The van der Waals surface area contributed by atoms with E-state index in [1.54, 1.807) is 6.07 Å². The van der Waals surface area contributed by atoms with Crippen molar-refractivity contribution >= 4 is 38.9 Å². The number of rotatable bonds is 1. The molecule has 1 aromatic carbocycles. The normalized spacial score (nSPS) is 24.6. The van der Waals surface area contributed by atoms with E-state index in [2.05, 4.69) is 25.9 Å². The molecule has 3 atom stereocenters. The van der Waals surface area contributed by atoms with Crippen molar-refractivity contribution < 1.29 is 13.9 Å². The quantitative estimate of drug-likeness (QED) is 0.676. The number of piperidine rings is 1. The second-order valence-corrected chi connectivity index (χ2v) is 9.52. The predicted molar refractivity (Wildman–Crippen MR) is 108 cm³/mol. The van der Waals surface area contributed by atoms with Gasteiger partial charge in [0.1, 0.15) is 11.1 Å². The molecule has 2 aliphatic rings. The summed E-state index contributed by atoms with van der Waals surface area (Å²) in [5.74, 6) is -0.256. The molecule has 150 valence electrons. The largest absolute Gasteiger partial charge is 0.444 e. The Balaban J connectivity index is 1.65. The number of fused-ring (bicyclic) bond motifs is 3. The highest BCUT2D eigenvalue weighted by atomic mass is 79.9. The Hall–Kier alpha value is -1.96. The summed E-state index contributed by atoms with van der Waals surface area (Å²) in [5.41, 5.74) is 6.38. The van der Waals surface area contributed by atoms with Gasteiger partial charge in [-0.25, -0.2) is 19.2 Å². The molecule has 2 saturated heterocycles. The highest BCUT2D eigenvalue weighted by Gasteiger charge is 2.45. The van der Waals surface area contributed by atoms with Crippen LogP contribution >= 0.6 is 15.9 Å². The Kier molecular flexibility index (Phi) is 4.72. The molecule has 2 fully saturated rings. The van der Waals surface area contributed by atoms with E-state index in [1.165, 1.54) is 0 Å². The number of carbonyl (C=O) groups excluding carboxylic acids is 1. The molecule has 2 bridgehead atoms. The highest BCUT2D eigenvalue weighted by molar-refractivity contribution is 9.10. The van der Waals surface area contributed by atoms with Crippen LogP contribution in [-0.4, -0.2) is 38.6 Å². The van der Waals surface area contributed by atoms with Gasteiger partial charge in [0, 0.05) is 23.4 Å². The van der Waals surface area contributed by atoms with E-state index in [9.17, 15) is 9.18 Å². The third-order valence-electron chi connectivity index (χ3n) is 5.53. The van der Waals surface area contributed by atoms with E-state index in [-0.39, 0.29) is 35.6 Å². The molecule has 4 rings (SSSR count). The maximum Gasteiger partial charge on any atom is 0.410 e. The van der Waals surface area contributed by atoms with Gasteiger partial charge in [-0.3, -0.25) is 0 Å². The molecule has 0 spiro atoms. The molecule has 0 aliphatic carbocycles. The summed E-state index contributed by atoms with van der Waals surface area (Å²) in [7, 11) is 0. The van der Waals surface area contributed by atoms with Crippen molar-refractivity contribution in [1.82, 2.24) is 14.9 Å². The van der Waals surface area contributed by atoms with Crippen molar-refractivity contribution in [3.05, 3.63) is 28.1 Å². The Bertz CT molecular complexity index is 932. The van der Waals surface area contributed by atoms with Crippen LogP contribution in [0.3, 0.4) is 0 Å². The first-order valence-corrected chi connectivity index (χ1v) is 10.4. The first-order valence-electron chi connectivity index (χ1n) is 9.56. The van der Waals surface area contributed by atoms with Crippen LogP contribution in [0.4, 0.5) is 15.1 Å². The van der Waals surface area contributed by atoms with Crippen LogP contribution in [-0.2, 0) is 4.74 Å². The van der Waals surface area contributed by atoms with Crippen LogP contribution in [0.25, 0.3) is 10.9 Å². The molecule has 8 heteroatoms. The lowest BCUT2D eigenvalue weighted by molar-refractivity contribution is 0.00575. The molecule has 2 aliphatic heterocycles. The molecule has 0 radical (unpaired) electrons. The molecule has 1 aromatic heterocycles. The minimum Gasteiger partial charge on any atom is -0.444 e. The number of anilines is 1. The fourth-order valence-corrected chi connectivity index (χ4v) is 4.82. The number of ether oxygens (including phenoxy) is 1. The Morgan fingerprint density at radius 3 is 2.50 bits per heavy atom.